The molecule has 1 aromatic carbocycles. The predicted molar refractivity (Wildman–Crippen MR) is 79.0 cm³/mol. The van der Waals surface area contributed by atoms with Gasteiger partial charge in [0.1, 0.15) is 11.6 Å². The number of carbonyl (C=O) groups excluding carboxylic acids is 1. The van der Waals surface area contributed by atoms with Crippen molar-refractivity contribution in [2.24, 2.45) is 0 Å². The monoisotopic (exact) mass is 327 g/mol. The number of nitro groups is 1. The summed E-state index contributed by atoms with van der Waals surface area (Å²) in [5.74, 6) is -2.19. The molecule has 6 nitrogen and oxygen atoms in total. The molecule has 0 atom stereocenters. The highest BCUT2D eigenvalue weighted by Gasteiger charge is 2.13. The number of nitrogens with one attached hydrogen (secondary N) is 2. The Bertz CT molecular complexity index is 733. The van der Waals surface area contributed by atoms with Gasteiger partial charge in [0.15, 0.2) is 0 Å². The summed E-state index contributed by atoms with van der Waals surface area (Å²) in [6.07, 6.45) is 0. The fraction of sp³-hybridized carbons (Fsp3) is 0.154. The SMILES string of the molecule is CC(=O)Nc1cc(NCc2csc([N+](=O)[O-])c2)c(F)cc1F. The van der Waals surface area contributed by atoms with E-state index in [1.807, 2.05) is 0 Å². The summed E-state index contributed by atoms with van der Waals surface area (Å²) in [4.78, 5) is 21.0. The zero-order valence-corrected chi connectivity index (χ0v) is 12.2. The molecule has 0 radical (unpaired) electrons. The van der Waals surface area contributed by atoms with E-state index in [-0.39, 0.29) is 22.9 Å². The third-order valence-electron chi connectivity index (χ3n) is 2.67. The summed E-state index contributed by atoms with van der Waals surface area (Å²) >= 11 is 0.961. The van der Waals surface area contributed by atoms with Gasteiger partial charge in [0.25, 0.3) is 0 Å². The van der Waals surface area contributed by atoms with Crippen molar-refractivity contribution in [3.8, 4) is 0 Å². The molecule has 116 valence electrons. The molecule has 0 unspecified atom stereocenters. The summed E-state index contributed by atoms with van der Waals surface area (Å²) in [6, 6.07) is 3.16. The molecule has 9 heteroatoms. The minimum absolute atomic E-state index is 0.0148. The molecule has 1 heterocycles. The molecule has 1 amide bonds. The van der Waals surface area contributed by atoms with Gasteiger partial charge in [0.05, 0.1) is 16.3 Å². The lowest BCUT2D eigenvalue weighted by Crippen LogP contribution is -2.09. The molecule has 22 heavy (non-hydrogen) atoms. The van der Waals surface area contributed by atoms with Gasteiger partial charge in [-0.25, -0.2) is 8.78 Å². The van der Waals surface area contributed by atoms with Crippen molar-refractivity contribution in [3.05, 3.63) is 50.9 Å². The Morgan fingerprint density at radius 3 is 2.55 bits per heavy atom. The van der Waals surface area contributed by atoms with Crippen LogP contribution in [0.4, 0.5) is 25.2 Å². The summed E-state index contributed by atoms with van der Waals surface area (Å²) in [5, 5.41) is 17.1. The zero-order valence-electron chi connectivity index (χ0n) is 11.4. The van der Waals surface area contributed by atoms with Crippen LogP contribution in [0, 0.1) is 21.7 Å². The first-order valence-electron chi connectivity index (χ1n) is 6.09. The molecule has 0 aliphatic carbocycles. The van der Waals surface area contributed by atoms with Crippen LogP contribution in [-0.4, -0.2) is 10.8 Å². The average Bonchev–Trinajstić information content (AvgIpc) is 2.89. The maximum atomic E-state index is 13.7. The van der Waals surface area contributed by atoms with E-state index in [4.69, 9.17) is 0 Å². The highest BCUT2D eigenvalue weighted by atomic mass is 32.1. The van der Waals surface area contributed by atoms with Gasteiger partial charge in [-0.1, -0.05) is 11.3 Å². The second-order valence-electron chi connectivity index (χ2n) is 4.40. The van der Waals surface area contributed by atoms with E-state index in [2.05, 4.69) is 10.6 Å². The Morgan fingerprint density at radius 2 is 1.95 bits per heavy atom. The number of anilines is 2. The summed E-state index contributed by atoms with van der Waals surface area (Å²) < 4.78 is 27.2. The van der Waals surface area contributed by atoms with Crippen LogP contribution < -0.4 is 10.6 Å². The van der Waals surface area contributed by atoms with Crippen molar-refractivity contribution < 1.29 is 18.5 Å². The summed E-state index contributed by atoms with van der Waals surface area (Å²) in [7, 11) is 0. The summed E-state index contributed by atoms with van der Waals surface area (Å²) in [6.45, 7) is 1.34. The second-order valence-corrected chi connectivity index (χ2v) is 5.29. The van der Waals surface area contributed by atoms with Crippen LogP contribution in [0.5, 0.6) is 0 Å². The number of nitrogens with zero attached hydrogens (tertiary/aromatic N) is 1. The van der Waals surface area contributed by atoms with Crippen LogP contribution in [0.15, 0.2) is 23.6 Å². The van der Waals surface area contributed by atoms with Gasteiger partial charge < -0.3 is 10.6 Å². The van der Waals surface area contributed by atoms with Crippen molar-refractivity contribution in [1.82, 2.24) is 0 Å². The lowest BCUT2D eigenvalue weighted by atomic mass is 10.2. The topological polar surface area (TPSA) is 84.3 Å². The smallest absolute Gasteiger partial charge is 0.324 e. The molecular formula is C13H11F2N3O3S. The fourth-order valence-electron chi connectivity index (χ4n) is 1.72. The molecular weight excluding hydrogens is 316 g/mol. The van der Waals surface area contributed by atoms with Crippen LogP contribution in [0.1, 0.15) is 12.5 Å². The molecule has 0 saturated heterocycles. The van der Waals surface area contributed by atoms with E-state index in [9.17, 15) is 23.7 Å². The molecule has 2 rings (SSSR count). The number of benzene rings is 1. The first kappa shape index (κ1) is 15.8. The first-order chi connectivity index (χ1) is 10.4. The minimum Gasteiger partial charge on any atom is -0.379 e. The summed E-state index contributed by atoms with van der Waals surface area (Å²) in [5.41, 5.74) is 0.438. The minimum atomic E-state index is -0.885. The normalized spacial score (nSPS) is 10.3. The van der Waals surface area contributed by atoms with Crippen LogP contribution in [0.25, 0.3) is 0 Å². The molecule has 2 N–H and O–H groups in total. The molecule has 2 aromatic rings. The third kappa shape index (κ3) is 3.76. The molecule has 0 fully saturated rings. The molecule has 1 aromatic heterocycles. The number of rotatable bonds is 5. The fourth-order valence-corrected chi connectivity index (χ4v) is 2.45. The number of thiophene rings is 1. The van der Waals surface area contributed by atoms with Crippen LogP contribution in [-0.2, 0) is 11.3 Å². The number of hydrogen-bond acceptors (Lipinski definition) is 5. The van der Waals surface area contributed by atoms with Gasteiger partial charge in [-0.2, -0.15) is 0 Å². The lowest BCUT2D eigenvalue weighted by molar-refractivity contribution is -0.380. The maximum Gasteiger partial charge on any atom is 0.324 e. The van der Waals surface area contributed by atoms with Gasteiger partial charge >= 0.3 is 5.00 Å². The van der Waals surface area contributed by atoms with Crippen LogP contribution in [0.3, 0.4) is 0 Å². The van der Waals surface area contributed by atoms with Crippen molar-refractivity contribution >= 4 is 33.6 Å². The largest absolute Gasteiger partial charge is 0.379 e. The molecule has 0 aliphatic rings. The quantitative estimate of drug-likeness (QED) is 0.650. The van der Waals surface area contributed by atoms with E-state index in [1.165, 1.54) is 13.0 Å². The predicted octanol–water partition coefficient (Wildman–Crippen LogP) is 3.51. The maximum absolute atomic E-state index is 13.7. The van der Waals surface area contributed by atoms with Crippen LogP contribution >= 0.6 is 11.3 Å². The standard InChI is InChI=1S/C13H11F2N3O3S/c1-7(19)17-12-4-11(9(14)3-10(12)15)16-5-8-2-13(18(20)21)22-6-8/h2-4,6,16H,5H2,1H3,(H,17,19). The third-order valence-corrected chi connectivity index (χ3v) is 3.60. The Kier molecular flexibility index (Phi) is 4.66. The Labute approximate surface area is 127 Å². The Morgan fingerprint density at radius 1 is 1.27 bits per heavy atom. The first-order valence-corrected chi connectivity index (χ1v) is 6.97. The highest BCUT2D eigenvalue weighted by molar-refractivity contribution is 7.13. The van der Waals surface area contributed by atoms with E-state index < -0.39 is 22.5 Å². The number of carbonyl (C=O) groups is 1. The van der Waals surface area contributed by atoms with Crippen LogP contribution in [0.2, 0.25) is 0 Å². The van der Waals surface area contributed by atoms with Crippen molar-refractivity contribution in [3.63, 3.8) is 0 Å². The Balaban J connectivity index is 2.14. The average molecular weight is 327 g/mol. The van der Waals surface area contributed by atoms with E-state index in [0.717, 1.165) is 17.4 Å². The number of hydrogen-bond donors (Lipinski definition) is 2. The molecule has 0 spiro atoms. The number of amides is 1. The van der Waals surface area contributed by atoms with Crippen molar-refractivity contribution in [1.29, 1.82) is 0 Å². The van der Waals surface area contributed by atoms with E-state index in [0.29, 0.717) is 11.6 Å². The molecule has 0 bridgehead atoms. The van der Waals surface area contributed by atoms with Gasteiger partial charge in [0, 0.05) is 31.0 Å². The van der Waals surface area contributed by atoms with Gasteiger partial charge in [0.2, 0.25) is 5.91 Å². The van der Waals surface area contributed by atoms with E-state index >= 15 is 0 Å². The molecule has 0 aliphatic heterocycles. The highest BCUT2D eigenvalue weighted by Crippen LogP contribution is 2.26. The number of halogens is 2. The van der Waals surface area contributed by atoms with Gasteiger partial charge in [-0.05, 0) is 11.6 Å². The van der Waals surface area contributed by atoms with Crippen molar-refractivity contribution in [2.75, 3.05) is 10.6 Å². The Hall–Kier alpha value is -2.55. The lowest BCUT2D eigenvalue weighted by Gasteiger charge is -2.10. The second kappa shape index (κ2) is 6.48. The molecule has 0 saturated carbocycles. The zero-order chi connectivity index (χ0) is 16.3. The van der Waals surface area contributed by atoms with Crippen molar-refractivity contribution in [2.45, 2.75) is 13.5 Å². The van der Waals surface area contributed by atoms with Gasteiger partial charge in [-0.15, -0.1) is 0 Å². The van der Waals surface area contributed by atoms with Gasteiger partial charge in [-0.3, -0.25) is 14.9 Å². The van der Waals surface area contributed by atoms with E-state index in [1.54, 1.807) is 5.38 Å².